The highest BCUT2D eigenvalue weighted by atomic mass is 16.3. The lowest BCUT2D eigenvalue weighted by molar-refractivity contribution is 0.0555. The summed E-state index contributed by atoms with van der Waals surface area (Å²) in [6.45, 7) is 9.33. The molecule has 4 nitrogen and oxygen atoms in total. The van der Waals surface area contributed by atoms with Crippen LogP contribution in [0.4, 0.5) is 0 Å². The van der Waals surface area contributed by atoms with Crippen LogP contribution in [0.3, 0.4) is 0 Å². The van der Waals surface area contributed by atoms with E-state index in [9.17, 15) is 5.11 Å². The van der Waals surface area contributed by atoms with Crippen molar-refractivity contribution in [3.05, 3.63) is 18.0 Å². The van der Waals surface area contributed by atoms with Crippen molar-refractivity contribution in [1.82, 2.24) is 15.1 Å². The van der Waals surface area contributed by atoms with Gasteiger partial charge in [-0.1, -0.05) is 6.92 Å². The monoisotopic (exact) mass is 225 g/mol. The second kappa shape index (κ2) is 5.46. The lowest BCUT2D eigenvalue weighted by Gasteiger charge is -2.21. The van der Waals surface area contributed by atoms with Gasteiger partial charge in [-0.25, -0.2) is 0 Å². The van der Waals surface area contributed by atoms with Crippen LogP contribution < -0.4 is 5.32 Å². The Kier molecular flexibility index (Phi) is 4.50. The highest BCUT2D eigenvalue weighted by Crippen LogP contribution is 2.07. The molecule has 0 saturated heterocycles. The summed E-state index contributed by atoms with van der Waals surface area (Å²) < 4.78 is 1.94. The van der Waals surface area contributed by atoms with Crippen LogP contribution in [-0.4, -0.2) is 27.0 Å². The lowest BCUT2D eigenvalue weighted by Crippen LogP contribution is -2.36. The molecule has 0 spiro atoms. The largest absolute Gasteiger partial charge is 0.389 e. The third-order valence-electron chi connectivity index (χ3n) is 2.77. The molecule has 4 heteroatoms. The fourth-order valence-corrected chi connectivity index (χ4v) is 1.34. The Morgan fingerprint density at radius 3 is 2.75 bits per heavy atom. The summed E-state index contributed by atoms with van der Waals surface area (Å²) in [6, 6.07) is 2.40. The highest BCUT2D eigenvalue weighted by Gasteiger charge is 2.16. The van der Waals surface area contributed by atoms with E-state index in [2.05, 4.69) is 24.3 Å². The molecular formula is C12H23N3O. The molecule has 92 valence electrons. The van der Waals surface area contributed by atoms with Crippen molar-refractivity contribution in [3.8, 4) is 0 Å². The van der Waals surface area contributed by atoms with Crippen LogP contribution in [0.1, 0.15) is 45.9 Å². The summed E-state index contributed by atoms with van der Waals surface area (Å²) in [5, 5.41) is 17.5. The average molecular weight is 225 g/mol. The molecule has 0 aliphatic carbocycles. The van der Waals surface area contributed by atoms with E-state index >= 15 is 0 Å². The Hall–Kier alpha value is -0.870. The van der Waals surface area contributed by atoms with E-state index < -0.39 is 5.60 Å². The first-order chi connectivity index (χ1) is 7.44. The van der Waals surface area contributed by atoms with E-state index in [0.29, 0.717) is 19.1 Å². The second-order valence-electron chi connectivity index (χ2n) is 4.83. The van der Waals surface area contributed by atoms with Gasteiger partial charge in [-0.2, -0.15) is 5.10 Å². The maximum Gasteiger partial charge on any atom is 0.0762 e. The molecule has 0 fully saturated rings. The first-order valence-electron chi connectivity index (χ1n) is 5.92. The van der Waals surface area contributed by atoms with Gasteiger partial charge in [0.05, 0.1) is 11.3 Å². The zero-order valence-corrected chi connectivity index (χ0v) is 10.7. The van der Waals surface area contributed by atoms with Gasteiger partial charge in [-0.3, -0.25) is 4.68 Å². The van der Waals surface area contributed by atoms with Crippen molar-refractivity contribution in [2.45, 2.75) is 52.3 Å². The molecule has 0 radical (unpaired) electrons. The minimum Gasteiger partial charge on any atom is -0.389 e. The quantitative estimate of drug-likeness (QED) is 0.775. The van der Waals surface area contributed by atoms with Crippen molar-refractivity contribution in [2.75, 3.05) is 6.54 Å². The number of hydrogen-bond donors (Lipinski definition) is 2. The molecule has 0 aliphatic heterocycles. The Balaban J connectivity index is 2.37. The lowest BCUT2D eigenvalue weighted by atomic mass is 10.0. The number of nitrogens with zero attached hydrogens (tertiary/aromatic N) is 2. The summed E-state index contributed by atoms with van der Waals surface area (Å²) in [4.78, 5) is 0. The van der Waals surface area contributed by atoms with Crippen LogP contribution >= 0.6 is 0 Å². The van der Waals surface area contributed by atoms with Crippen LogP contribution in [0, 0.1) is 0 Å². The molecule has 0 aliphatic rings. The number of aliphatic hydroxyl groups is 1. The normalized spacial score (nSPS) is 15.4. The van der Waals surface area contributed by atoms with E-state index in [1.54, 1.807) is 0 Å². The fraction of sp³-hybridized carbons (Fsp3) is 0.750. The summed E-state index contributed by atoms with van der Waals surface area (Å²) in [7, 11) is 0. The average Bonchev–Trinajstić information content (AvgIpc) is 2.66. The predicted molar refractivity (Wildman–Crippen MR) is 65.2 cm³/mol. The van der Waals surface area contributed by atoms with Crippen molar-refractivity contribution in [1.29, 1.82) is 0 Å². The van der Waals surface area contributed by atoms with E-state index in [4.69, 9.17) is 0 Å². The summed E-state index contributed by atoms with van der Waals surface area (Å²) in [5.74, 6) is 0. The summed E-state index contributed by atoms with van der Waals surface area (Å²) >= 11 is 0. The van der Waals surface area contributed by atoms with Gasteiger partial charge in [0, 0.05) is 25.3 Å². The van der Waals surface area contributed by atoms with E-state index in [1.807, 2.05) is 30.8 Å². The zero-order valence-electron chi connectivity index (χ0n) is 10.7. The molecule has 0 saturated carbocycles. The van der Waals surface area contributed by atoms with Crippen LogP contribution in [0.25, 0.3) is 0 Å². The molecule has 0 amide bonds. The summed E-state index contributed by atoms with van der Waals surface area (Å²) in [6.07, 6.45) is 2.74. The van der Waals surface area contributed by atoms with Crippen molar-refractivity contribution in [2.24, 2.45) is 0 Å². The number of hydrogen-bond acceptors (Lipinski definition) is 3. The van der Waals surface area contributed by atoms with E-state index in [0.717, 1.165) is 12.1 Å². The SMILES string of the molecule is CCC(C)(O)CNCc1ccn(C(C)C)n1. The van der Waals surface area contributed by atoms with Gasteiger partial charge in [0.2, 0.25) is 0 Å². The molecule has 1 atom stereocenters. The molecule has 1 rings (SSSR count). The highest BCUT2D eigenvalue weighted by molar-refractivity contribution is 4.99. The van der Waals surface area contributed by atoms with Crippen molar-refractivity contribution >= 4 is 0 Å². The number of aromatic nitrogens is 2. The molecule has 1 unspecified atom stereocenters. The Morgan fingerprint density at radius 1 is 1.56 bits per heavy atom. The Morgan fingerprint density at radius 2 is 2.25 bits per heavy atom. The molecule has 1 heterocycles. The molecule has 0 aromatic carbocycles. The third kappa shape index (κ3) is 3.94. The maximum absolute atomic E-state index is 9.81. The number of nitrogens with one attached hydrogen (secondary N) is 1. The van der Waals surface area contributed by atoms with E-state index in [1.165, 1.54) is 0 Å². The predicted octanol–water partition coefficient (Wildman–Crippen LogP) is 1.71. The molecule has 1 aromatic rings. The second-order valence-corrected chi connectivity index (χ2v) is 4.83. The van der Waals surface area contributed by atoms with Gasteiger partial charge in [-0.15, -0.1) is 0 Å². The molecule has 1 aromatic heterocycles. The van der Waals surface area contributed by atoms with Gasteiger partial charge < -0.3 is 10.4 Å². The van der Waals surface area contributed by atoms with Gasteiger partial charge in [0.1, 0.15) is 0 Å². The van der Waals surface area contributed by atoms with Gasteiger partial charge >= 0.3 is 0 Å². The van der Waals surface area contributed by atoms with E-state index in [-0.39, 0.29) is 0 Å². The van der Waals surface area contributed by atoms with Crippen LogP contribution in [0.2, 0.25) is 0 Å². The fourth-order valence-electron chi connectivity index (χ4n) is 1.34. The van der Waals surface area contributed by atoms with Gasteiger partial charge in [-0.05, 0) is 33.3 Å². The zero-order chi connectivity index (χ0) is 12.2. The first-order valence-corrected chi connectivity index (χ1v) is 5.92. The third-order valence-corrected chi connectivity index (χ3v) is 2.77. The van der Waals surface area contributed by atoms with Gasteiger partial charge in [0.25, 0.3) is 0 Å². The molecule has 2 N–H and O–H groups in total. The topological polar surface area (TPSA) is 50.1 Å². The Bertz CT molecular complexity index is 318. The molecule has 16 heavy (non-hydrogen) atoms. The Labute approximate surface area is 97.7 Å². The standard InChI is InChI=1S/C12H23N3O/c1-5-12(4,16)9-13-8-11-6-7-15(14-11)10(2)3/h6-7,10,13,16H,5,8-9H2,1-4H3. The first kappa shape index (κ1) is 13.2. The van der Waals surface area contributed by atoms with Crippen LogP contribution in [0.15, 0.2) is 12.3 Å². The molecule has 0 bridgehead atoms. The van der Waals surface area contributed by atoms with Gasteiger partial charge in [0.15, 0.2) is 0 Å². The summed E-state index contributed by atoms with van der Waals surface area (Å²) in [5.41, 5.74) is 0.390. The number of rotatable bonds is 6. The minimum absolute atomic E-state index is 0.396. The van der Waals surface area contributed by atoms with Crippen LogP contribution in [-0.2, 0) is 6.54 Å². The van der Waals surface area contributed by atoms with Crippen molar-refractivity contribution < 1.29 is 5.11 Å². The maximum atomic E-state index is 9.81. The van der Waals surface area contributed by atoms with Crippen LogP contribution in [0.5, 0.6) is 0 Å². The van der Waals surface area contributed by atoms with Crippen molar-refractivity contribution in [3.63, 3.8) is 0 Å². The smallest absolute Gasteiger partial charge is 0.0762 e. The minimum atomic E-state index is -0.624. The molecular weight excluding hydrogens is 202 g/mol.